The number of hydroxylamine groups is 1. The minimum Gasteiger partial charge on any atom is -0.343 e. The second kappa shape index (κ2) is 8.07. The Morgan fingerprint density at radius 2 is 2.00 bits per heavy atom. The highest BCUT2D eigenvalue weighted by Crippen LogP contribution is 2.26. The minimum absolute atomic E-state index is 0.163. The van der Waals surface area contributed by atoms with Crippen LogP contribution >= 0.6 is 11.3 Å². The van der Waals surface area contributed by atoms with Crippen LogP contribution in [0.15, 0.2) is 48.7 Å². The standard InChI is InChI=1S/C19H19N3O3S/c1-2-5-14(15-10-13(8-9-20-15)18(23)22-25)21-19(24)17-11-12-6-3-4-7-16(12)26-17/h3-4,6-11,14,25H,2,5H2,1H3,(H,21,24)(H,22,23)/t14-/m0/s1. The van der Waals surface area contributed by atoms with Gasteiger partial charge in [0, 0.05) is 16.5 Å². The van der Waals surface area contributed by atoms with Crippen LogP contribution in [0.4, 0.5) is 0 Å². The summed E-state index contributed by atoms with van der Waals surface area (Å²) in [5.74, 6) is -0.775. The number of aromatic nitrogens is 1. The molecule has 0 aliphatic rings. The molecule has 0 aliphatic heterocycles. The first-order valence-electron chi connectivity index (χ1n) is 8.32. The molecule has 2 heterocycles. The minimum atomic E-state index is -0.611. The largest absolute Gasteiger partial charge is 0.343 e. The summed E-state index contributed by atoms with van der Waals surface area (Å²) in [6.07, 6.45) is 3.03. The predicted octanol–water partition coefficient (Wildman–Crippen LogP) is 3.69. The van der Waals surface area contributed by atoms with E-state index in [1.54, 1.807) is 11.5 Å². The lowest BCUT2D eigenvalue weighted by molar-refractivity contribution is 0.0706. The van der Waals surface area contributed by atoms with E-state index in [1.807, 2.05) is 37.3 Å². The molecule has 26 heavy (non-hydrogen) atoms. The van der Waals surface area contributed by atoms with E-state index in [-0.39, 0.29) is 17.5 Å². The van der Waals surface area contributed by atoms with Crippen molar-refractivity contribution in [2.24, 2.45) is 0 Å². The highest BCUT2D eigenvalue weighted by atomic mass is 32.1. The molecule has 0 bridgehead atoms. The van der Waals surface area contributed by atoms with Crippen molar-refractivity contribution in [3.8, 4) is 0 Å². The Labute approximate surface area is 154 Å². The fourth-order valence-corrected chi connectivity index (χ4v) is 3.72. The van der Waals surface area contributed by atoms with Gasteiger partial charge in [-0.3, -0.25) is 19.8 Å². The Balaban J connectivity index is 1.84. The van der Waals surface area contributed by atoms with E-state index in [1.165, 1.54) is 23.6 Å². The molecule has 7 heteroatoms. The van der Waals surface area contributed by atoms with Crippen LogP contribution in [-0.2, 0) is 0 Å². The average molecular weight is 369 g/mol. The molecular formula is C19H19N3O3S. The SMILES string of the molecule is CCC[C@H](NC(=O)c1cc2ccccc2s1)c1cc(C(=O)NO)ccn1. The van der Waals surface area contributed by atoms with Gasteiger partial charge in [-0.25, -0.2) is 5.48 Å². The fourth-order valence-electron chi connectivity index (χ4n) is 2.75. The van der Waals surface area contributed by atoms with E-state index in [2.05, 4.69) is 10.3 Å². The number of benzene rings is 1. The number of hydrogen-bond acceptors (Lipinski definition) is 5. The van der Waals surface area contributed by atoms with E-state index in [9.17, 15) is 9.59 Å². The molecule has 0 saturated carbocycles. The van der Waals surface area contributed by atoms with E-state index in [4.69, 9.17) is 5.21 Å². The first-order chi connectivity index (χ1) is 12.6. The molecule has 134 valence electrons. The number of carbonyl (C=O) groups excluding carboxylic acids is 2. The number of hydrogen-bond donors (Lipinski definition) is 3. The van der Waals surface area contributed by atoms with Gasteiger partial charge in [-0.05, 0) is 36.1 Å². The number of rotatable bonds is 6. The van der Waals surface area contributed by atoms with Crippen molar-refractivity contribution in [1.82, 2.24) is 15.8 Å². The molecule has 6 nitrogen and oxygen atoms in total. The van der Waals surface area contributed by atoms with Gasteiger partial charge in [-0.15, -0.1) is 11.3 Å². The lowest BCUT2D eigenvalue weighted by Crippen LogP contribution is -2.29. The van der Waals surface area contributed by atoms with Gasteiger partial charge in [0.2, 0.25) is 0 Å². The Morgan fingerprint density at radius 3 is 2.73 bits per heavy atom. The maximum absolute atomic E-state index is 12.7. The third kappa shape index (κ3) is 3.89. The van der Waals surface area contributed by atoms with E-state index in [0.29, 0.717) is 17.0 Å². The van der Waals surface area contributed by atoms with Crippen LogP contribution < -0.4 is 10.8 Å². The monoisotopic (exact) mass is 369 g/mol. The number of amides is 2. The molecule has 3 N–H and O–H groups in total. The average Bonchev–Trinajstić information content (AvgIpc) is 3.11. The van der Waals surface area contributed by atoms with E-state index in [0.717, 1.165) is 16.5 Å². The van der Waals surface area contributed by atoms with Gasteiger partial charge in [-0.1, -0.05) is 31.5 Å². The predicted molar refractivity (Wildman–Crippen MR) is 100 cm³/mol. The van der Waals surface area contributed by atoms with Crippen molar-refractivity contribution in [3.05, 3.63) is 64.8 Å². The second-order valence-corrected chi connectivity index (χ2v) is 6.96. The summed E-state index contributed by atoms with van der Waals surface area (Å²) in [5.41, 5.74) is 2.48. The lowest BCUT2D eigenvalue weighted by Gasteiger charge is -2.17. The number of fused-ring (bicyclic) bond motifs is 1. The van der Waals surface area contributed by atoms with Crippen molar-refractivity contribution in [2.45, 2.75) is 25.8 Å². The van der Waals surface area contributed by atoms with Crippen molar-refractivity contribution in [1.29, 1.82) is 0 Å². The van der Waals surface area contributed by atoms with Crippen molar-refractivity contribution < 1.29 is 14.8 Å². The number of nitrogens with one attached hydrogen (secondary N) is 2. The van der Waals surface area contributed by atoms with Crippen molar-refractivity contribution >= 4 is 33.2 Å². The first-order valence-corrected chi connectivity index (χ1v) is 9.14. The molecule has 3 rings (SSSR count). The fraction of sp³-hybridized carbons (Fsp3) is 0.211. The van der Waals surface area contributed by atoms with Crippen molar-refractivity contribution in [2.75, 3.05) is 0 Å². The second-order valence-electron chi connectivity index (χ2n) is 5.87. The van der Waals surface area contributed by atoms with Gasteiger partial charge in [-0.2, -0.15) is 0 Å². The summed E-state index contributed by atoms with van der Waals surface area (Å²) in [6.45, 7) is 2.02. The summed E-state index contributed by atoms with van der Waals surface area (Å²) in [7, 11) is 0. The van der Waals surface area contributed by atoms with Gasteiger partial charge in [0.1, 0.15) is 0 Å². The smallest absolute Gasteiger partial charge is 0.274 e. The summed E-state index contributed by atoms with van der Waals surface area (Å²) in [5, 5.41) is 12.8. The third-order valence-corrected chi connectivity index (χ3v) is 5.15. The summed E-state index contributed by atoms with van der Waals surface area (Å²) < 4.78 is 1.06. The quantitative estimate of drug-likeness (QED) is 0.456. The van der Waals surface area contributed by atoms with Gasteiger partial charge in [0.15, 0.2) is 0 Å². The van der Waals surface area contributed by atoms with Gasteiger partial charge in [0.05, 0.1) is 16.6 Å². The number of carbonyl (C=O) groups is 2. The molecule has 0 radical (unpaired) electrons. The Bertz CT molecular complexity index is 905. The zero-order valence-electron chi connectivity index (χ0n) is 14.2. The Hall–Kier alpha value is -2.77. The number of pyridine rings is 1. The summed E-state index contributed by atoms with van der Waals surface area (Å²) in [6, 6.07) is 12.5. The number of thiophene rings is 1. The number of nitrogens with zero attached hydrogens (tertiary/aromatic N) is 1. The molecule has 0 fully saturated rings. The summed E-state index contributed by atoms with van der Waals surface area (Å²) >= 11 is 1.44. The molecule has 1 aromatic carbocycles. The molecule has 0 aliphatic carbocycles. The van der Waals surface area contributed by atoms with Crippen LogP contribution in [0.2, 0.25) is 0 Å². The first kappa shape index (κ1) is 18.0. The van der Waals surface area contributed by atoms with Gasteiger partial charge in [0.25, 0.3) is 11.8 Å². The maximum Gasteiger partial charge on any atom is 0.274 e. The normalized spacial score (nSPS) is 11.9. The molecule has 3 aromatic rings. The van der Waals surface area contributed by atoms with Crippen LogP contribution in [-0.4, -0.2) is 22.0 Å². The molecule has 0 unspecified atom stereocenters. The third-order valence-electron chi connectivity index (χ3n) is 4.03. The highest BCUT2D eigenvalue weighted by molar-refractivity contribution is 7.20. The Morgan fingerprint density at radius 1 is 1.19 bits per heavy atom. The topological polar surface area (TPSA) is 91.3 Å². The van der Waals surface area contributed by atoms with Crippen LogP contribution in [0.5, 0.6) is 0 Å². The summed E-state index contributed by atoms with van der Waals surface area (Å²) in [4.78, 5) is 29.2. The zero-order valence-corrected chi connectivity index (χ0v) is 15.0. The van der Waals surface area contributed by atoms with Crippen LogP contribution in [0.1, 0.15) is 51.5 Å². The van der Waals surface area contributed by atoms with E-state index >= 15 is 0 Å². The van der Waals surface area contributed by atoms with Crippen LogP contribution in [0.25, 0.3) is 10.1 Å². The van der Waals surface area contributed by atoms with Crippen LogP contribution in [0, 0.1) is 0 Å². The van der Waals surface area contributed by atoms with Crippen molar-refractivity contribution in [3.63, 3.8) is 0 Å². The molecular weight excluding hydrogens is 350 g/mol. The van der Waals surface area contributed by atoms with Gasteiger partial charge >= 0.3 is 0 Å². The Kier molecular flexibility index (Phi) is 5.60. The molecule has 0 saturated heterocycles. The van der Waals surface area contributed by atoms with Gasteiger partial charge < -0.3 is 5.32 Å². The maximum atomic E-state index is 12.7. The molecule has 0 spiro atoms. The highest BCUT2D eigenvalue weighted by Gasteiger charge is 2.19. The molecule has 1 atom stereocenters. The molecule has 2 aromatic heterocycles. The van der Waals surface area contributed by atoms with Crippen LogP contribution in [0.3, 0.4) is 0 Å². The lowest BCUT2D eigenvalue weighted by atomic mass is 10.1. The molecule has 2 amide bonds. The zero-order chi connectivity index (χ0) is 18.5. The van der Waals surface area contributed by atoms with E-state index < -0.39 is 5.91 Å².